The van der Waals surface area contributed by atoms with Gasteiger partial charge in [0.25, 0.3) is 0 Å². The Kier molecular flexibility index (Phi) is 4.02. The summed E-state index contributed by atoms with van der Waals surface area (Å²) in [7, 11) is 2.06. The summed E-state index contributed by atoms with van der Waals surface area (Å²) >= 11 is 0. The molecule has 3 nitrogen and oxygen atoms in total. The topological polar surface area (TPSA) is 41.6 Å². The van der Waals surface area contributed by atoms with E-state index in [0.717, 1.165) is 0 Å². The van der Waals surface area contributed by atoms with Gasteiger partial charge in [0.2, 0.25) is 0 Å². The molecule has 1 aliphatic rings. The van der Waals surface area contributed by atoms with Gasteiger partial charge in [0.1, 0.15) is 0 Å². The van der Waals surface area contributed by atoms with Gasteiger partial charge in [-0.1, -0.05) is 43.2 Å². The van der Waals surface area contributed by atoms with Crippen LogP contribution in [-0.2, 0) is 6.54 Å². The second-order valence-corrected chi connectivity index (χ2v) is 4.71. The Morgan fingerprint density at radius 2 is 1.94 bits per heavy atom. The van der Waals surface area contributed by atoms with E-state index < -0.39 is 0 Å². The molecule has 0 unspecified atom stereocenters. The molecule has 17 heavy (non-hydrogen) atoms. The van der Waals surface area contributed by atoms with Crippen LogP contribution in [0.3, 0.4) is 0 Å². The predicted octanol–water partition coefficient (Wildman–Crippen LogP) is 2.38. The molecule has 0 aromatic heterocycles. The maximum atomic E-state index is 6.02. The molecule has 0 heterocycles. The Morgan fingerprint density at radius 1 is 1.29 bits per heavy atom. The van der Waals surface area contributed by atoms with Crippen molar-refractivity contribution in [2.75, 3.05) is 7.05 Å². The average Bonchev–Trinajstić information content (AvgIpc) is 2.90. The summed E-state index contributed by atoms with van der Waals surface area (Å²) in [5.74, 6) is 0.667. The fourth-order valence-electron chi connectivity index (χ4n) is 2.35. The van der Waals surface area contributed by atoms with E-state index in [1.165, 1.54) is 31.2 Å². The highest BCUT2D eigenvalue weighted by Crippen LogP contribution is 2.22. The van der Waals surface area contributed by atoms with E-state index in [1.807, 2.05) is 18.2 Å². The molecule has 1 aromatic carbocycles. The van der Waals surface area contributed by atoms with Gasteiger partial charge in [-0.05, 0) is 18.4 Å². The van der Waals surface area contributed by atoms with Crippen LogP contribution in [0.25, 0.3) is 0 Å². The Labute approximate surface area is 103 Å². The molecule has 3 heteroatoms. The third-order valence-electron chi connectivity index (χ3n) is 3.50. The third kappa shape index (κ3) is 3.22. The minimum atomic E-state index is 0.592. The van der Waals surface area contributed by atoms with Gasteiger partial charge in [-0.25, -0.2) is 4.99 Å². The summed E-state index contributed by atoms with van der Waals surface area (Å²) in [5, 5.41) is 0. The van der Waals surface area contributed by atoms with Crippen molar-refractivity contribution in [3.8, 4) is 0 Å². The Balaban J connectivity index is 1.92. The predicted molar refractivity (Wildman–Crippen MR) is 71.8 cm³/mol. The molecule has 0 aliphatic heterocycles. The highest BCUT2D eigenvalue weighted by molar-refractivity contribution is 5.78. The summed E-state index contributed by atoms with van der Waals surface area (Å²) in [5.41, 5.74) is 7.22. The highest BCUT2D eigenvalue weighted by atomic mass is 15.3. The van der Waals surface area contributed by atoms with Crippen molar-refractivity contribution in [1.82, 2.24) is 4.90 Å². The monoisotopic (exact) mass is 231 g/mol. The van der Waals surface area contributed by atoms with Crippen LogP contribution in [0.15, 0.2) is 35.3 Å². The SMILES string of the molecule is CN(C(N)=NCc1ccccc1)C1CCCC1. The molecule has 1 fully saturated rings. The molecular weight excluding hydrogens is 210 g/mol. The van der Waals surface area contributed by atoms with Crippen molar-refractivity contribution in [3.05, 3.63) is 35.9 Å². The van der Waals surface area contributed by atoms with Crippen molar-refractivity contribution in [2.24, 2.45) is 10.7 Å². The van der Waals surface area contributed by atoms with Gasteiger partial charge in [0.05, 0.1) is 6.54 Å². The number of nitrogens with zero attached hydrogens (tertiary/aromatic N) is 2. The van der Waals surface area contributed by atoms with Gasteiger partial charge in [-0.15, -0.1) is 0 Å². The quantitative estimate of drug-likeness (QED) is 0.641. The van der Waals surface area contributed by atoms with E-state index in [2.05, 4.69) is 29.1 Å². The number of rotatable bonds is 3. The van der Waals surface area contributed by atoms with E-state index >= 15 is 0 Å². The van der Waals surface area contributed by atoms with Crippen LogP contribution in [0.1, 0.15) is 31.2 Å². The van der Waals surface area contributed by atoms with Gasteiger partial charge in [-0.3, -0.25) is 0 Å². The zero-order valence-electron chi connectivity index (χ0n) is 10.5. The number of hydrogen-bond donors (Lipinski definition) is 1. The molecule has 2 rings (SSSR count). The van der Waals surface area contributed by atoms with E-state index in [0.29, 0.717) is 18.5 Å². The van der Waals surface area contributed by atoms with Gasteiger partial charge < -0.3 is 10.6 Å². The zero-order valence-corrected chi connectivity index (χ0v) is 10.5. The highest BCUT2D eigenvalue weighted by Gasteiger charge is 2.20. The van der Waals surface area contributed by atoms with Gasteiger partial charge in [-0.2, -0.15) is 0 Å². The van der Waals surface area contributed by atoms with Crippen LogP contribution in [0, 0.1) is 0 Å². The van der Waals surface area contributed by atoms with Crippen LogP contribution >= 0.6 is 0 Å². The van der Waals surface area contributed by atoms with Crippen molar-refractivity contribution in [1.29, 1.82) is 0 Å². The molecule has 1 saturated carbocycles. The first-order valence-corrected chi connectivity index (χ1v) is 6.34. The molecule has 0 radical (unpaired) electrons. The average molecular weight is 231 g/mol. The first-order chi connectivity index (χ1) is 8.27. The summed E-state index contributed by atoms with van der Waals surface area (Å²) in [6.45, 7) is 0.670. The molecule has 0 amide bonds. The molecule has 0 atom stereocenters. The second kappa shape index (κ2) is 5.71. The van der Waals surface area contributed by atoms with Gasteiger partial charge >= 0.3 is 0 Å². The first kappa shape index (κ1) is 12.0. The van der Waals surface area contributed by atoms with Crippen LogP contribution in [0.4, 0.5) is 0 Å². The Hall–Kier alpha value is -1.51. The molecule has 0 saturated heterocycles. The summed E-state index contributed by atoms with van der Waals surface area (Å²) in [4.78, 5) is 6.59. The number of guanidine groups is 1. The van der Waals surface area contributed by atoms with Crippen molar-refractivity contribution in [2.45, 2.75) is 38.3 Å². The number of aliphatic imine (C=N–C) groups is 1. The lowest BCUT2D eigenvalue weighted by Crippen LogP contribution is -2.40. The fourth-order valence-corrected chi connectivity index (χ4v) is 2.35. The van der Waals surface area contributed by atoms with E-state index in [4.69, 9.17) is 5.73 Å². The standard InChI is InChI=1S/C14H21N3/c1-17(13-9-5-6-10-13)14(15)16-11-12-7-3-2-4-8-12/h2-4,7-8,13H,5-6,9-11H2,1H3,(H2,15,16). The van der Waals surface area contributed by atoms with Crippen molar-refractivity contribution >= 4 is 5.96 Å². The smallest absolute Gasteiger partial charge is 0.191 e. The summed E-state index contributed by atoms with van der Waals surface area (Å²) < 4.78 is 0. The van der Waals surface area contributed by atoms with Crippen LogP contribution in [0.5, 0.6) is 0 Å². The maximum absolute atomic E-state index is 6.02. The molecule has 0 bridgehead atoms. The van der Waals surface area contributed by atoms with E-state index in [9.17, 15) is 0 Å². The number of hydrogen-bond acceptors (Lipinski definition) is 1. The van der Waals surface area contributed by atoms with Gasteiger partial charge in [0.15, 0.2) is 5.96 Å². The normalized spacial score (nSPS) is 17.4. The minimum absolute atomic E-state index is 0.592. The Morgan fingerprint density at radius 3 is 2.59 bits per heavy atom. The van der Waals surface area contributed by atoms with E-state index in [-0.39, 0.29) is 0 Å². The lowest BCUT2D eigenvalue weighted by atomic mass is 10.2. The lowest BCUT2D eigenvalue weighted by molar-refractivity contribution is 0.367. The number of benzene rings is 1. The van der Waals surface area contributed by atoms with E-state index in [1.54, 1.807) is 0 Å². The molecule has 1 aromatic rings. The maximum Gasteiger partial charge on any atom is 0.191 e. The summed E-state index contributed by atoms with van der Waals surface area (Å²) in [6.07, 6.45) is 5.14. The summed E-state index contributed by atoms with van der Waals surface area (Å²) in [6, 6.07) is 10.8. The lowest BCUT2D eigenvalue weighted by Gasteiger charge is -2.25. The van der Waals surface area contributed by atoms with Gasteiger partial charge in [0, 0.05) is 13.1 Å². The first-order valence-electron chi connectivity index (χ1n) is 6.34. The van der Waals surface area contributed by atoms with Crippen LogP contribution in [-0.4, -0.2) is 23.9 Å². The molecular formula is C14H21N3. The molecule has 92 valence electrons. The van der Waals surface area contributed by atoms with Crippen LogP contribution < -0.4 is 5.73 Å². The largest absolute Gasteiger partial charge is 0.370 e. The molecule has 1 aliphatic carbocycles. The van der Waals surface area contributed by atoms with Crippen molar-refractivity contribution in [3.63, 3.8) is 0 Å². The fraction of sp³-hybridized carbons (Fsp3) is 0.500. The number of nitrogens with two attached hydrogens (primary N) is 1. The van der Waals surface area contributed by atoms with Crippen LogP contribution in [0.2, 0.25) is 0 Å². The minimum Gasteiger partial charge on any atom is -0.370 e. The molecule has 2 N–H and O–H groups in total. The van der Waals surface area contributed by atoms with Crippen molar-refractivity contribution < 1.29 is 0 Å². The zero-order chi connectivity index (χ0) is 12.1. The Bertz CT molecular complexity index is 366. The second-order valence-electron chi connectivity index (χ2n) is 4.71. The third-order valence-corrected chi connectivity index (χ3v) is 3.50. The molecule has 0 spiro atoms.